The molecule has 2 N–H and O–H groups in total. The smallest absolute Gasteiger partial charge is 0.300 e. The predicted octanol–water partition coefficient (Wildman–Crippen LogP) is 5.19. The van der Waals surface area contributed by atoms with Crippen molar-refractivity contribution in [3.05, 3.63) is 89.0 Å². The van der Waals surface area contributed by atoms with Crippen LogP contribution in [-0.2, 0) is 16.0 Å². The number of aromatic hydroxyl groups is 1. The summed E-state index contributed by atoms with van der Waals surface area (Å²) in [6.45, 7) is 6.50. The quantitative estimate of drug-likeness (QED) is 0.276. The Balaban J connectivity index is 1.63. The van der Waals surface area contributed by atoms with Crippen LogP contribution in [0.1, 0.15) is 43.0 Å². The number of carbonyl (C=O) groups excluding carboxylic acids is 2. The first-order valence-corrected chi connectivity index (χ1v) is 12.6. The number of aryl methyl sites for hydroxylation is 1. The lowest BCUT2D eigenvalue weighted by atomic mass is 9.94. The van der Waals surface area contributed by atoms with Crippen molar-refractivity contribution in [3.8, 4) is 11.5 Å². The number of hydrogen-bond donors (Lipinski definition) is 2. The van der Waals surface area contributed by atoms with Gasteiger partial charge in [0.1, 0.15) is 17.3 Å². The molecule has 1 unspecified atom stereocenters. The van der Waals surface area contributed by atoms with Crippen molar-refractivity contribution in [3.63, 3.8) is 0 Å². The van der Waals surface area contributed by atoms with Gasteiger partial charge in [0.15, 0.2) is 0 Å². The summed E-state index contributed by atoms with van der Waals surface area (Å²) in [6, 6.07) is 18.3. The van der Waals surface area contributed by atoms with Gasteiger partial charge in [0.25, 0.3) is 11.7 Å². The zero-order valence-electron chi connectivity index (χ0n) is 21.0. The van der Waals surface area contributed by atoms with Crippen LogP contribution >= 0.6 is 0 Å². The highest BCUT2D eigenvalue weighted by molar-refractivity contribution is 6.51. The number of nitrogens with zero attached hydrogens (tertiary/aromatic N) is 2. The molecule has 1 amide bonds. The first kappa shape index (κ1) is 24.4. The van der Waals surface area contributed by atoms with Crippen LogP contribution in [0.4, 0.5) is 11.4 Å². The number of hydrogen-bond acceptors (Lipinski definition) is 6. The van der Waals surface area contributed by atoms with Gasteiger partial charge in [0, 0.05) is 30.0 Å². The van der Waals surface area contributed by atoms with Gasteiger partial charge in [-0.05, 0) is 92.4 Å². The van der Waals surface area contributed by atoms with E-state index >= 15 is 0 Å². The second-order valence-corrected chi connectivity index (χ2v) is 9.22. The molecule has 7 nitrogen and oxygen atoms in total. The van der Waals surface area contributed by atoms with Crippen LogP contribution in [0.2, 0.25) is 0 Å². The molecule has 190 valence electrons. The van der Waals surface area contributed by atoms with Crippen LogP contribution in [0, 0.1) is 0 Å². The Morgan fingerprint density at radius 3 is 2.38 bits per heavy atom. The van der Waals surface area contributed by atoms with Crippen LogP contribution in [0.15, 0.2) is 72.3 Å². The number of amides is 1. The van der Waals surface area contributed by atoms with E-state index in [1.54, 1.807) is 24.3 Å². The van der Waals surface area contributed by atoms with E-state index in [0.717, 1.165) is 42.9 Å². The topological polar surface area (TPSA) is 90.3 Å². The molecule has 0 radical (unpaired) electrons. The summed E-state index contributed by atoms with van der Waals surface area (Å²) in [7, 11) is 0. The molecule has 3 aromatic rings. The molecule has 1 atom stereocenters. The molecule has 0 bridgehead atoms. The minimum atomic E-state index is -0.854. The van der Waals surface area contributed by atoms with E-state index in [2.05, 4.69) is 18.7 Å². The van der Waals surface area contributed by atoms with Crippen molar-refractivity contribution in [2.24, 2.45) is 0 Å². The average molecular weight is 499 g/mol. The molecular formula is C30H30N2O5. The maximum atomic E-state index is 13.4. The number of carbonyl (C=O) groups is 2. The summed E-state index contributed by atoms with van der Waals surface area (Å²) in [4.78, 5) is 30.5. The van der Waals surface area contributed by atoms with Crippen molar-refractivity contribution < 1.29 is 24.5 Å². The Kier molecular flexibility index (Phi) is 6.61. The van der Waals surface area contributed by atoms with Crippen LogP contribution in [0.3, 0.4) is 0 Å². The largest absolute Gasteiger partial charge is 0.508 e. The molecule has 5 rings (SSSR count). The second-order valence-electron chi connectivity index (χ2n) is 9.22. The van der Waals surface area contributed by atoms with Gasteiger partial charge in [0.2, 0.25) is 0 Å². The zero-order chi connectivity index (χ0) is 26.1. The van der Waals surface area contributed by atoms with Crippen molar-refractivity contribution in [2.75, 3.05) is 29.5 Å². The molecule has 0 aliphatic carbocycles. The first-order valence-electron chi connectivity index (χ1n) is 12.6. The Morgan fingerprint density at radius 2 is 1.70 bits per heavy atom. The van der Waals surface area contributed by atoms with E-state index in [1.807, 2.05) is 30.3 Å². The fourth-order valence-electron chi connectivity index (χ4n) is 5.15. The highest BCUT2D eigenvalue weighted by Crippen LogP contribution is 2.43. The van der Waals surface area contributed by atoms with E-state index in [4.69, 9.17) is 4.74 Å². The van der Waals surface area contributed by atoms with E-state index < -0.39 is 17.7 Å². The predicted molar refractivity (Wildman–Crippen MR) is 143 cm³/mol. The molecule has 0 saturated carbocycles. The van der Waals surface area contributed by atoms with E-state index in [0.29, 0.717) is 23.4 Å². The van der Waals surface area contributed by atoms with Gasteiger partial charge in [-0.3, -0.25) is 14.5 Å². The van der Waals surface area contributed by atoms with Gasteiger partial charge >= 0.3 is 0 Å². The summed E-state index contributed by atoms with van der Waals surface area (Å²) < 4.78 is 5.69. The maximum absolute atomic E-state index is 13.4. The number of ketones is 1. The third-order valence-electron chi connectivity index (χ3n) is 7.09. The van der Waals surface area contributed by atoms with E-state index in [1.165, 1.54) is 17.0 Å². The summed E-state index contributed by atoms with van der Waals surface area (Å²) >= 11 is 0. The lowest BCUT2D eigenvalue weighted by molar-refractivity contribution is -0.132. The van der Waals surface area contributed by atoms with Crippen LogP contribution in [0.5, 0.6) is 11.5 Å². The van der Waals surface area contributed by atoms with Crippen LogP contribution in [0.25, 0.3) is 5.76 Å². The zero-order valence-corrected chi connectivity index (χ0v) is 21.0. The lowest BCUT2D eigenvalue weighted by Gasteiger charge is -2.27. The van der Waals surface area contributed by atoms with Gasteiger partial charge in [-0.1, -0.05) is 12.1 Å². The van der Waals surface area contributed by atoms with Gasteiger partial charge in [-0.15, -0.1) is 0 Å². The lowest BCUT2D eigenvalue weighted by Crippen LogP contribution is -2.29. The normalized spacial score (nSPS) is 18.4. The summed E-state index contributed by atoms with van der Waals surface area (Å²) in [5.74, 6) is -0.855. The van der Waals surface area contributed by atoms with Crippen LogP contribution < -0.4 is 14.5 Å². The number of anilines is 2. The molecule has 0 spiro atoms. The summed E-state index contributed by atoms with van der Waals surface area (Å²) in [6.07, 6.45) is 1.68. The molecule has 2 heterocycles. The fourth-order valence-corrected chi connectivity index (χ4v) is 5.15. The molecule has 0 aromatic heterocycles. The molecule has 7 heteroatoms. The Hall–Kier alpha value is -4.26. The summed E-state index contributed by atoms with van der Waals surface area (Å²) in [5.41, 5.74) is 3.60. The number of aliphatic hydroxyl groups is 1. The number of ether oxygens (including phenoxy) is 1. The Bertz CT molecular complexity index is 1360. The molecule has 1 fully saturated rings. The van der Waals surface area contributed by atoms with Gasteiger partial charge in [-0.25, -0.2) is 0 Å². The van der Waals surface area contributed by atoms with Crippen molar-refractivity contribution >= 4 is 28.8 Å². The number of benzene rings is 3. The number of Topliss-reactive ketones (excluding diaryl/α,β-unsaturated/α-hetero) is 1. The number of aliphatic hydroxyl groups excluding tert-OH is 1. The van der Waals surface area contributed by atoms with E-state index in [9.17, 15) is 19.8 Å². The molecule has 1 saturated heterocycles. The molecular weight excluding hydrogens is 468 g/mol. The fraction of sp³-hybridized carbons (Fsp3) is 0.267. The van der Waals surface area contributed by atoms with Crippen LogP contribution in [-0.4, -0.2) is 41.6 Å². The maximum Gasteiger partial charge on any atom is 0.300 e. The Morgan fingerprint density at radius 1 is 1.00 bits per heavy atom. The third-order valence-corrected chi connectivity index (χ3v) is 7.09. The molecule has 2 aliphatic heterocycles. The highest BCUT2D eigenvalue weighted by Gasteiger charge is 2.47. The minimum Gasteiger partial charge on any atom is -0.508 e. The highest BCUT2D eigenvalue weighted by atomic mass is 16.5. The minimum absolute atomic E-state index is 0.0141. The third kappa shape index (κ3) is 4.42. The van der Waals surface area contributed by atoms with Crippen molar-refractivity contribution in [1.82, 2.24) is 0 Å². The number of phenolic OH excluding ortho intramolecular Hbond substituents is 1. The van der Waals surface area contributed by atoms with Crippen molar-refractivity contribution in [2.45, 2.75) is 32.7 Å². The summed E-state index contributed by atoms with van der Waals surface area (Å²) in [5, 5.41) is 21.3. The Labute approximate surface area is 216 Å². The van der Waals surface area contributed by atoms with E-state index in [-0.39, 0.29) is 17.1 Å². The van der Waals surface area contributed by atoms with Gasteiger partial charge in [0.05, 0.1) is 18.2 Å². The SMILES string of the molecule is CCN(CC)c1ccc(N2C(=O)C(=O)/C(=C(\O)c3ccc4c(c3)CCCO4)C2c2ccc(O)cc2)cc1. The number of fused-ring (bicyclic) bond motifs is 1. The van der Waals surface area contributed by atoms with Gasteiger partial charge in [-0.2, -0.15) is 0 Å². The number of phenols is 1. The second kappa shape index (κ2) is 10.0. The monoisotopic (exact) mass is 498 g/mol. The molecule has 37 heavy (non-hydrogen) atoms. The standard InChI is InChI=1S/C30H30N2O5/c1-3-31(4-2)22-10-12-23(13-11-22)32-27(19-7-14-24(33)15-8-19)26(29(35)30(32)36)28(34)21-9-16-25-20(18-21)6-5-17-37-25/h7-16,18,27,33-34H,3-6,17H2,1-2H3/b28-26-. The molecule has 2 aliphatic rings. The first-order chi connectivity index (χ1) is 17.9. The number of rotatable bonds is 6. The molecule has 3 aromatic carbocycles. The van der Waals surface area contributed by atoms with Gasteiger partial charge < -0.3 is 19.8 Å². The average Bonchev–Trinajstić information content (AvgIpc) is 3.19. The van der Waals surface area contributed by atoms with Crippen molar-refractivity contribution in [1.29, 1.82) is 0 Å².